The van der Waals surface area contributed by atoms with Crippen LogP contribution in [0.5, 0.6) is 0 Å². The van der Waals surface area contributed by atoms with Gasteiger partial charge >= 0.3 is 6.09 Å². The second-order valence-corrected chi connectivity index (χ2v) is 6.25. The number of hydrogen-bond acceptors (Lipinski definition) is 3. The summed E-state index contributed by atoms with van der Waals surface area (Å²) in [6, 6.07) is 10.2. The molecule has 1 amide bonds. The van der Waals surface area contributed by atoms with Crippen LogP contribution in [0.1, 0.15) is 26.3 Å². The fourth-order valence-electron chi connectivity index (χ4n) is 2.08. The van der Waals surface area contributed by atoms with E-state index >= 15 is 0 Å². The van der Waals surface area contributed by atoms with Crippen LogP contribution in [0.3, 0.4) is 0 Å². The van der Waals surface area contributed by atoms with E-state index in [1.54, 1.807) is 4.68 Å². The molecule has 0 radical (unpaired) electrons. The van der Waals surface area contributed by atoms with E-state index in [4.69, 9.17) is 4.74 Å². The number of nitrogens with zero attached hydrogens (tertiary/aromatic N) is 2. The molecule has 5 nitrogen and oxygen atoms in total. The molecule has 5 heteroatoms. The van der Waals surface area contributed by atoms with Gasteiger partial charge in [0, 0.05) is 25.4 Å². The summed E-state index contributed by atoms with van der Waals surface area (Å²) in [5, 5.41) is 7.17. The van der Waals surface area contributed by atoms with E-state index in [1.807, 2.05) is 58.3 Å². The van der Waals surface area contributed by atoms with Crippen molar-refractivity contribution < 1.29 is 9.53 Å². The summed E-state index contributed by atoms with van der Waals surface area (Å²) >= 11 is 0. The third-order valence-electron chi connectivity index (χ3n) is 3.02. The van der Waals surface area contributed by atoms with E-state index in [9.17, 15) is 4.79 Å². The van der Waals surface area contributed by atoms with Crippen LogP contribution in [0.4, 0.5) is 4.79 Å². The van der Waals surface area contributed by atoms with Crippen LogP contribution in [0, 0.1) is 0 Å². The molecule has 2 aromatic rings. The highest BCUT2D eigenvalue weighted by molar-refractivity contribution is 5.67. The highest BCUT2D eigenvalue weighted by atomic mass is 16.6. The van der Waals surface area contributed by atoms with Crippen LogP contribution >= 0.6 is 0 Å². The summed E-state index contributed by atoms with van der Waals surface area (Å²) in [5.74, 6) is 0. The summed E-state index contributed by atoms with van der Waals surface area (Å²) in [7, 11) is 1.90. The largest absolute Gasteiger partial charge is 0.444 e. The lowest BCUT2D eigenvalue weighted by Crippen LogP contribution is -2.33. The van der Waals surface area contributed by atoms with Crippen molar-refractivity contribution in [1.82, 2.24) is 15.1 Å². The number of aryl methyl sites for hydroxylation is 1. The van der Waals surface area contributed by atoms with Crippen LogP contribution in [0.25, 0.3) is 11.3 Å². The van der Waals surface area contributed by atoms with Gasteiger partial charge in [-0.05, 0) is 44.9 Å². The topological polar surface area (TPSA) is 56.2 Å². The molecular weight excluding hydrogens is 278 g/mol. The molecule has 118 valence electrons. The molecule has 22 heavy (non-hydrogen) atoms. The second kappa shape index (κ2) is 6.64. The Morgan fingerprint density at radius 3 is 2.73 bits per heavy atom. The van der Waals surface area contributed by atoms with Crippen molar-refractivity contribution in [3.05, 3.63) is 42.1 Å². The molecule has 0 bridgehead atoms. The number of alkyl carbamates (subject to hydrolysis) is 1. The van der Waals surface area contributed by atoms with Crippen molar-refractivity contribution in [3.8, 4) is 11.3 Å². The lowest BCUT2D eigenvalue weighted by Gasteiger charge is -2.19. The van der Waals surface area contributed by atoms with Crippen molar-refractivity contribution in [2.45, 2.75) is 32.8 Å². The number of carbonyl (C=O) groups excluding carboxylic acids is 1. The van der Waals surface area contributed by atoms with Crippen LogP contribution in [-0.4, -0.2) is 28.0 Å². The minimum atomic E-state index is -0.469. The first-order valence-corrected chi connectivity index (χ1v) is 7.39. The van der Waals surface area contributed by atoms with E-state index in [2.05, 4.69) is 16.5 Å². The molecule has 0 saturated carbocycles. The zero-order valence-corrected chi connectivity index (χ0v) is 13.6. The molecule has 0 fully saturated rings. The first-order valence-electron chi connectivity index (χ1n) is 7.39. The Morgan fingerprint density at radius 1 is 1.32 bits per heavy atom. The average Bonchev–Trinajstić information content (AvgIpc) is 2.84. The van der Waals surface area contributed by atoms with Crippen molar-refractivity contribution in [1.29, 1.82) is 0 Å². The monoisotopic (exact) mass is 301 g/mol. The van der Waals surface area contributed by atoms with Gasteiger partial charge in [0.1, 0.15) is 5.60 Å². The summed E-state index contributed by atoms with van der Waals surface area (Å²) in [5.41, 5.74) is 2.71. The zero-order chi connectivity index (χ0) is 16.2. The molecule has 1 aromatic heterocycles. The molecular formula is C17H23N3O2. The molecule has 1 heterocycles. The molecule has 0 spiro atoms. The van der Waals surface area contributed by atoms with E-state index in [1.165, 1.54) is 0 Å². The number of ether oxygens (including phenoxy) is 1. The Labute approximate surface area is 131 Å². The molecule has 0 unspecified atom stereocenters. The summed E-state index contributed by atoms with van der Waals surface area (Å²) in [6.45, 7) is 6.09. The van der Waals surface area contributed by atoms with Gasteiger partial charge in [0.05, 0.1) is 5.69 Å². The number of benzene rings is 1. The molecule has 0 saturated heterocycles. The van der Waals surface area contributed by atoms with Crippen molar-refractivity contribution >= 4 is 6.09 Å². The van der Waals surface area contributed by atoms with Gasteiger partial charge in [-0.25, -0.2) is 4.79 Å². The third-order valence-corrected chi connectivity index (χ3v) is 3.02. The van der Waals surface area contributed by atoms with Gasteiger partial charge in [0.2, 0.25) is 0 Å². The molecule has 0 atom stereocenters. The van der Waals surface area contributed by atoms with Gasteiger partial charge in [-0.3, -0.25) is 4.68 Å². The smallest absolute Gasteiger partial charge is 0.407 e. The first-order chi connectivity index (χ1) is 10.3. The number of aromatic nitrogens is 2. The van der Waals surface area contributed by atoms with E-state index in [0.29, 0.717) is 6.54 Å². The normalized spacial score (nSPS) is 11.3. The Morgan fingerprint density at radius 2 is 2.09 bits per heavy atom. The Bertz CT molecular complexity index is 641. The zero-order valence-electron chi connectivity index (χ0n) is 13.6. The van der Waals surface area contributed by atoms with Gasteiger partial charge < -0.3 is 10.1 Å². The lowest BCUT2D eigenvalue weighted by molar-refractivity contribution is 0.0528. The minimum absolute atomic E-state index is 0.381. The van der Waals surface area contributed by atoms with Crippen LogP contribution in [0.2, 0.25) is 0 Å². The van der Waals surface area contributed by atoms with Gasteiger partial charge in [-0.2, -0.15) is 5.10 Å². The standard InChI is InChI=1S/C17H23N3O2/c1-17(2,3)22-16(21)18-10-8-13-6-5-7-14(12-13)15-9-11-20(4)19-15/h5-7,9,11-12H,8,10H2,1-4H3,(H,18,21). The maximum absolute atomic E-state index is 11.6. The number of carbonyl (C=O) groups is 1. The third kappa shape index (κ3) is 4.91. The highest BCUT2D eigenvalue weighted by Gasteiger charge is 2.15. The fourth-order valence-corrected chi connectivity index (χ4v) is 2.08. The molecule has 1 aromatic carbocycles. The SMILES string of the molecule is Cn1ccc(-c2cccc(CCNC(=O)OC(C)(C)C)c2)n1. The highest BCUT2D eigenvalue weighted by Crippen LogP contribution is 2.18. The quantitative estimate of drug-likeness (QED) is 0.943. The van der Waals surface area contributed by atoms with Gasteiger partial charge in [0.15, 0.2) is 0 Å². The fraction of sp³-hybridized carbons (Fsp3) is 0.412. The Balaban J connectivity index is 1.90. The molecule has 1 N–H and O–H groups in total. The lowest BCUT2D eigenvalue weighted by atomic mass is 10.1. The van der Waals surface area contributed by atoms with Crippen molar-refractivity contribution in [3.63, 3.8) is 0 Å². The summed E-state index contributed by atoms with van der Waals surface area (Å²) in [6.07, 6.45) is 2.29. The van der Waals surface area contributed by atoms with Crippen LogP contribution in [0.15, 0.2) is 36.5 Å². The predicted octanol–water partition coefficient (Wildman–Crippen LogP) is 3.15. The first kappa shape index (κ1) is 16.1. The Kier molecular flexibility index (Phi) is 4.85. The average molecular weight is 301 g/mol. The maximum atomic E-state index is 11.6. The number of rotatable bonds is 4. The number of nitrogens with one attached hydrogen (secondary N) is 1. The molecule has 2 rings (SSSR count). The summed E-state index contributed by atoms with van der Waals surface area (Å²) < 4.78 is 6.99. The van der Waals surface area contributed by atoms with Crippen LogP contribution < -0.4 is 5.32 Å². The molecule has 0 aliphatic heterocycles. The number of hydrogen-bond donors (Lipinski definition) is 1. The van der Waals surface area contributed by atoms with E-state index in [0.717, 1.165) is 23.2 Å². The van der Waals surface area contributed by atoms with Crippen LogP contribution in [-0.2, 0) is 18.2 Å². The van der Waals surface area contributed by atoms with Gasteiger partial charge in [-0.1, -0.05) is 18.2 Å². The van der Waals surface area contributed by atoms with Gasteiger partial charge in [-0.15, -0.1) is 0 Å². The summed E-state index contributed by atoms with van der Waals surface area (Å²) in [4.78, 5) is 11.6. The minimum Gasteiger partial charge on any atom is -0.444 e. The maximum Gasteiger partial charge on any atom is 0.407 e. The number of amides is 1. The molecule has 0 aliphatic rings. The van der Waals surface area contributed by atoms with Crippen molar-refractivity contribution in [2.75, 3.05) is 6.54 Å². The molecule has 0 aliphatic carbocycles. The predicted molar refractivity (Wildman–Crippen MR) is 86.6 cm³/mol. The van der Waals surface area contributed by atoms with E-state index in [-0.39, 0.29) is 6.09 Å². The van der Waals surface area contributed by atoms with Crippen molar-refractivity contribution in [2.24, 2.45) is 7.05 Å². The Hall–Kier alpha value is -2.30. The van der Waals surface area contributed by atoms with Gasteiger partial charge in [0.25, 0.3) is 0 Å². The second-order valence-electron chi connectivity index (χ2n) is 6.25. The van der Waals surface area contributed by atoms with E-state index < -0.39 is 5.60 Å².